The van der Waals surface area contributed by atoms with Gasteiger partial charge in [0, 0.05) is 15.5 Å². The van der Waals surface area contributed by atoms with Crippen LogP contribution in [0.4, 0.5) is 9.52 Å². The number of thiophene rings is 1. The molecule has 4 aromatic rings. The van der Waals surface area contributed by atoms with Crippen molar-refractivity contribution in [2.24, 2.45) is 5.10 Å². The Morgan fingerprint density at radius 1 is 1.19 bits per heavy atom. The number of rotatable bonds is 4. The number of carbonyl (C=O) groups is 1. The summed E-state index contributed by atoms with van der Waals surface area (Å²) >= 11 is 8.62. The highest BCUT2D eigenvalue weighted by Gasteiger charge is 2.21. The van der Waals surface area contributed by atoms with Crippen LogP contribution in [-0.2, 0) is 0 Å². The van der Waals surface area contributed by atoms with E-state index in [0.717, 1.165) is 4.88 Å². The Kier molecular flexibility index (Phi) is 4.98. The maximum Gasteiger partial charge on any atom is 0.280 e. The second-order valence-electron chi connectivity index (χ2n) is 5.49. The molecule has 27 heavy (non-hydrogen) atoms. The zero-order valence-electron chi connectivity index (χ0n) is 13.7. The Morgan fingerprint density at radius 2 is 2.00 bits per heavy atom. The molecule has 0 saturated carbocycles. The third-order valence-electron chi connectivity index (χ3n) is 3.65. The molecule has 0 aliphatic heterocycles. The van der Waals surface area contributed by atoms with E-state index in [9.17, 15) is 9.18 Å². The molecule has 1 amide bonds. The number of hydrazone groups is 1. The summed E-state index contributed by atoms with van der Waals surface area (Å²) in [5.41, 5.74) is 1.03. The SMILES string of the molecule is O=C(c1ccc(Cl)cc1)N(/N=C/c1cccs1)c1nc2ccc(F)cc2s1. The molecule has 0 bridgehead atoms. The molecule has 0 radical (unpaired) electrons. The maximum absolute atomic E-state index is 13.5. The molecule has 134 valence electrons. The maximum atomic E-state index is 13.5. The van der Waals surface area contributed by atoms with Crippen LogP contribution in [0.25, 0.3) is 10.2 Å². The molecule has 4 nitrogen and oxygen atoms in total. The fourth-order valence-electron chi connectivity index (χ4n) is 2.36. The minimum Gasteiger partial charge on any atom is -0.267 e. The van der Waals surface area contributed by atoms with Gasteiger partial charge in [-0.1, -0.05) is 29.0 Å². The van der Waals surface area contributed by atoms with Gasteiger partial charge in [0.05, 0.1) is 16.4 Å². The van der Waals surface area contributed by atoms with Crippen LogP contribution in [0.2, 0.25) is 5.02 Å². The van der Waals surface area contributed by atoms with Crippen LogP contribution in [-0.4, -0.2) is 17.1 Å². The highest BCUT2D eigenvalue weighted by atomic mass is 35.5. The third kappa shape index (κ3) is 3.90. The smallest absolute Gasteiger partial charge is 0.267 e. The summed E-state index contributed by atoms with van der Waals surface area (Å²) in [4.78, 5) is 18.4. The fraction of sp³-hybridized carbons (Fsp3) is 0. The van der Waals surface area contributed by atoms with Gasteiger partial charge in [0.15, 0.2) is 0 Å². The van der Waals surface area contributed by atoms with Gasteiger partial charge in [-0.05, 0) is 53.9 Å². The average Bonchev–Trinajstić information content (AvgIpc) is 3.31. The lowest BCUT2D eigenvalue weighted by Gasteiger charge is -2.13. The minimum absolute atomic E-state index is 0.348. The molecule has 4 rings (SSSR count). The number of nitrogens with zero attached hydrogens (tertiary/aromatic N) is 3. The second-order valence-corrected chi connectivity index (χ2v) is 7.92. The van der Waals surface area contributed by atoms with Crippen molar-refractivity contribution in [1.82, 2.24) is 4.98 Å². The Bertz CT molecular complexity index is 1120. The van der Waals surface area contributed by atoms with Crippen molar-refractivity contribution in [3.63, 3.8) is 0 Å². The normalized spacial score (nSPS) is 11.3. The largest absolute Gasteiger partial charge is 0.280 e. The van der Waals surface area contributed by atoms with Gasteiger partial charge in [0.1, 0.15) is 5.82 Å². The van der Waals surface area contributed by atoms with Crippen LogP contribution in [0.5, 0.6) is 0 Å². The molecule has 0 aliphatic rings. The number of benzene rings is 2. The number of fused-ring (bicyclic) bond motifs is 1. The number of carbonyl (C=O) groups excluding carboxylic acids is 1. The molecule has 2 heterocycles. The summed E-state index contributed by atoms with van der Waals surface area (Å²) in [6, 6.07) is 14.7. The van der Waals surface area contributed by atoms with Gasteiger partial charge >= 0.3 is 0 Å². The first-order valence-electron chi connectivity index (χ1n) is 7.84. The van der Waals surface area contributed by atoms with E-state index in [2.05, 4.69) is 10.1 Å². The van der Waals surface area contributed by atoms with E-state index < -0.39 is 0 Å². The van der Waals surface area contributed by atoms with Crippen LogP contribution in [0.15, 0.2) is 65.1 Å². The Morgan fingerprint density at radius 3 is 2.74 bits per heavy atom. The molecule has 0 fully saturated rings. The lowest BCUT2D eigenvalue weighted by molar-refractivity contribution is 0.0988. The molecular formula is C19H11ClFN3OS2. The number of thiazole rings is 1. The molecule has 0 spiro atoms. The zero-order valence-corrected chi connectivity index (χ0v) is 16.1. The summed E-state index contributed by atoms with van der Waals surface area (Å²) in [7, 11) is 0. The van der Waals surface area contributed by atoms with Gasteiger partial charge in [-0.2, -0.15) is 10.1 Å². The molecule has 0 N–H and O–H groups in total. The van der Waals surface area contributed by atoms with Crippen LogP contribution in [0.3, 0.4) is 0 Å². The van der Waals surface area contributed by atoms with Crippen molar-refractivity contribution in [3.8, 4) is 0 Å². The quantitative estimate of drug-likeness (QED) is 0.311. The van der Waals surface area contributed by atoms with Crippen molar-refractivity contribution in [2.75, 3.05) is 5.01 Å². The van der Waals surface area contributed by atoms with E-state index in [4.69, 9.17) is 11.6 Å². The van der Waals surface area contributed by atoms with E-state index in [-0.39, 0.29) is 11.7 Å². The second kappa shape index (κ2) is 7.56. The highest BCUT2D eigenvalue weighted by molar-refractivity contribution is 7.22. The summed E-state index contributed by atoms with van der Waals surface area (Å²) in [6.45, 7) is 0. The van der Waals surface area contributed by atoms with Crippen LogP contribution >= 0.6 is 34.3 Å². The highest BCUT2D eigenvalue weighted by Crippen LogP contribution is 2.30. The Labute approximate surface area is 167 Å². The third-order valence-corrected chi connectivity index (χ3v) is 5.70. The van der Waals surface area contributed by atoms with Gasteiger partial charge in [-0.15, -0.1) is 11.3 Å². The van der Waals surface area contributed by atoms with E-state index in [0.29, 0.717) is 25.9 Å². The minimum atomic E-state index is -0.352. The van der Waals surface area contributed by atoms with Crippen LogP contribution in [0.1, 0.15) is 15.2 Å². The van der Waals surface area contributed by atoms with Gasteiger partial charge < -0.3 is 0 Å². The Hall–Kier alpha value is -2.61. The summed E-state index contributed by atoms with van der Waals surface area (Å²) in [6.07, 6.45) is 1.60. The molecule has 2 aromatic heterocycles. The van der Waals surface area contributed by atoms with Crippen molar-refractivity contribution in [2.45, 2.75) is 0 Å². The lowest BCUT2D eigenvalue weighted by Crippen LogP contribution is -2.25. The number of hydrogen-bond acceptors (Lipinski definition) is 5. The van der Waals surface area contributed by atoms with Gasteiger partial charge in [0.2, 0.25) is 5.13 Å². The van der Waals surface area contributed by atoms with Crippen LogP contribution < -0.4 is 5.01 Å². The van der Waals surface area contributed by atoms with Gasteiger partial charge in [-0.3, -0.25) is 4.79 Å². The predicted octanol–water partition coefficient (Wildman–Crippen LogP) is 5.83. The first-order chi connectivity index (χ1) is 13.1. The van der Waals surface area contributed by atoms with Gasteiger partial charge in [0.25, 0.3) is 5.91 Å². The lowest BCUT2D eigenvalue weighted by atomic mass is 10.2. The predicted molar refractivity (Wildman–Crippen MR) is 110 cm³/mol. The molecule has 2 aromatic carbocycles. The van der Waals surface area contributed by atoms with Crippen molar-refractivity contribution in [1.29, 1.82) is 0 Å². The molecule has 0 aliphatic carbocycles. The molecule has 8 heteroatoms. The fourth-order valence-corrected chi connectivity index (χ4v) is 4.01. The number of amides is 1. The first-order valence-corrected chi connectivity index (χ1v) is 9.91. The topological polar surface area (TPSA) is 45.6 Å². The monoisotopic (exact) mass is 415 g/mol. The van der Waals surface area contributed by atoms with Crippen molar-refractivity contribution >= 4 is 61.7 Å². The number of hydrogen-bond donors (Lipinski definition) is 0. The zero-order chi connectivity index (χ0) is 18.8. The summed E-state index contributed by atoms with van der Waals surface area (Å²) in [5, 5.41) is 8.40. The van der Waals surface area contributed by atoms with E-state index in [1.807, 2.05) is 17.5 Å². The average molecular weight is 416 g/mol. The van der Waals surface area contributed by atoms with E-state index >= 15 is 0 Å². The van der Waals surface area contributed by atoms with E-state index in [1.54, 1.807) is 36.5 Å². The molecular weight excluding hydrogens is 405 g/mol. The van der Waals surface area contributed by atoms with Crippen molar-refractivity contribution in [3.05, 3.63) is 81.3 Å². The molecule has 0 unspecified atom stereocenters. The number of anilines is 1. The molecule has 0 saturated heterocycles. The first kappa shape index (κ1) is 17.8. The Balaban J connectivity index is 1.76. The van der Waals surface area contributed by atoms with Crippen molar-refractivity contribution < 1.29 is 9.18 Å². The standard InChI is InChI=1S/C19H11ClFN3OS2/c20-13-5-3-12(4-6-13)18(25)24(22-11-15-2-1-9-26-15)19-23-16-8-7-14(21)10-17(16)27-19/h1-11H/b22-11+. The summed E-state index contributed by atoms with van der Waals surface area (Å²) in [5.74, 6) is -0.700. The summed E-state index contributed by atoms with van der Waals surface area (Å²) < 4.78 is 14.1. The van der Waals surface area contributed by atoms with Gasteiger partial charge in [-0.25, -0.2) is 9.37 Å². The van der Waals surface area contributed by atoms with E-state index in [1.165, 1.54) is 39.8 Å². The van der Waals surface area contributed by atoms with Crippen LogP contribution in [0, 0.1) is 5.82 Å². The number of halogens is 2. The molecule has 0 atom stereocenters. The number of aromatic nitrogens is 1.